The van der Waals surface area contributed by atoms with Crippen molar-refractivity contribution in [3.05, 3.63) is 33.8 Å². The highest BCUT2D eigenvalue weighted by Crippen LogP contribution is 2.25. The van der Waals surface area contributed by atoms with E-state index >= 15 is 0 Å². The molecule has 0 radical (unpaired) electrons. The SMILES string of the molecule is CN(C)CCCNS(=O)(=O)Cc1c(Cl)cccc1Cl. The van der Waals surface area contributed by atoms with Gasteiger partial charge < -0.3 is 4.90 Å². The van der Waals surface area contributed by atoms with Crippen molar-refractivity contribution in [1.82, 2.24) is 9.62 Å². The Bertz CT molecular complexity index is 498. The summed E-state index contributed by atoms with van der Waals surface area (Å²) in [5.74, 6) is -0.201. The second kappa shape index (κ2) is 7.45. The molecule has 0 aromatic heterocycles. The monoisotopic (exact) mass is 324 g/mol. The molecule has 4 nitrogen and oxygen atoms in total. The Kier molecular flexibility index (Phi) is 6.56. The van der Waals surface area contributed by atoms with E-state index in [0.29, 0.717) is 22.2 Å². The molecule has 0 aliphatic carbocycles. The quantitative estimate of drug-likeness (QED) is 0.783. The molecule has 0 spiro atoms. The third-order valence-electron chi connectivity index (χ3n) is 2.50. The van der Waals surface area contributed by atoms with Crippen LogP contribution in [0.3, 0.4) is 0 Å². The van der Waals surface area contributed by atoms with Crippen LogP contribution in [0.25, 0.3) is 0 Å². The molecule has 0 saturated carbocycles. The molecule has 0 bridgehead atoms. The Balaban J connectivity index is 2.60. The van der Waals surface area contributed by atoms with Crippen LogP contribution < -0.4 is 4.72 Å². The van der Waals surface area contributed by atoms with Crippen LogP contribution in [0.15, 0.2) is 18.2 Å². The molecule has 1 rings (SSSR count). The average Bonchev–Trinajstić information content (AvgIpc) is 2.30. The molecule has 108 valence electrons. The summed E-state index contributed by atoms with van der Waals surface area (Å²) >= 11 is 11.9. The fourth-order valence-electron chi connectivity index (χ4n) is 1.53. The summed E-state index contributed by atoms with van der Waals surface area (Å²) in [4.78, 5) is 2.00. The zero-order valence-electron chi connectivity index (χ0n) is 11.0. The maximum Gasteiger partial charge on any atom is 0.215 e. The van der Waals surface area contributed by atoms with Crippen molar-refractivity contribution < 1.29 is 8.42 Å². The van der Waals surface area contributed by atoms with E-state index in [9.17, 15) is 8.42 Å². The van der Waals surface area contributed by atoms with E-state index in [1.807, 2.05) is 19.0 Å². The Morgan fingerprint density at radius 2 is 1.79 bits per heavy atom. The molecule has 0 atom stereocenters. The van der Waals surface area contributed by atoms with Crippen molar-refractivity contribution in [1.29, 1.82) is 0 Å². The van der Waals surface area contributed by atoms with Gasteiger partial charge in [0.25, 0.3) is 0 Å². The highest BCUT2D eigenvalue weighted by atomic mass is 35.5. The van der Waals surface area contributed by atoms with Crippen molar-refractivity contribution in [3.63, 3.8) is 0 Å². The van der Waals surface area contributed by atoms with Crippen molar-refractivity contribution in [2.75, 3.05) is 27.2 Å². The van der Waals surface area contributed by atoms with Gasteiger partial charge in [-0.05, 0) is 39.2 Å². The van der Waals surface area contributed by atoms with Crippen LogP contribution in [0.4, 0.5) is 0 Å². The highest BCUT2D eigenvalue weighted by Gasteiger charge is 2.15. The number of nitrogens with one attached hydrogen (secondary N) is 1. The van der Waals surface area contributed by atoms with Gasteiger partial charge in [0.2, 0.25) is 10.0 Å². The number of rotatable bonds is 7. The molecule has 19 heavy (non-hydrogen) atoms. The number of halogens is 2. The maximum absolute atomic E-state index is 11.9. The molecule has 7 heteroatoms. The molecule has 0 unspecified atom stereocenters. The van der Waals surface area contributed by atoms with Gasteiger partial charge in [-0.3, -0.25) is 0 Å². The van der Waals surface area contributed by atoms with Gasteiger partial charge in [-0.2, -0.15) is 0 Å². The Labute approximate surface area is 124 Å². The first kappa shape index (κ1) is 16.7. The number of hydrogen-bond acceptors (Lipinski definition) is 3. The van der Waals surface area contributed by atoms with Crippen molar-refractivity contribution in [2.45, 2.75) is 12.2 Å². The maximum atomic E-state index is 11.9. The first-order valence-corrected chi connectivity index (χ1v) is 8.27. The topological polar surface area (TPSA) is 49.4 Å². The van der Waals surface area contributed by atoms with Crippen LogP contribution >= 0.6 is 23.2 Å². The van der Waals surface area contributed by atoms with Crippen LogP contribution in [-0.4, -0.2) is 40.5 Å². The standard InChI is InChI=1S/C12H18Cl2N2O2S/c1-16(2)8-4-7-15-19(17,18)9-10-11(13)5-3-6-12(10)14/h3,5-6,15H,4,7-9H2,1-2H3. The molecule has 0 fully saturated rings. The van der Waals surface area contributed by atoms with Crippen LogP contribution in [0.2, 0.25) is 10.0 Å². The molecule has 0 saturated heterocycles. The van der Waals surface area contributed by atoms with E-state index in [0.717, 1.165) is 13.0 Å². The van der Waals surface area contributed by atoms with E-state index in [4.69, 9.17) is 23.2 Å². The second-order valence-corrected chi connectivity index (χ2v) is 7.13. The Morgan fingerprint density at radius 3 is 2.32 bits per heavy atom. The van der Waals surface area contributed by atoms with Gasteiger partial charge >= 0.3 is 0 Å². The molecule has 0 heterocycles. The summed E-state index contributed by atoms with van der Waals surface area (Å²) in [6, 6.07) is 4.94. The third kappa shape index (κ3) is 6.10. The molecular weight excluding hydrogens is 307 g/mol. The largest absolute Gasteiger partial charge is 0.309 e. The number of hydrogen-bond donors (Lipinski definition) is 1. The van der Waals surface area contributed by atoms with Gasteiger partial charge in [-0.15, -0.1) is 0 Å². The van der Waals surface area contributed by atoms with E-state index in [2.05, 4.69) is 4.72 Å². The molecule has 1 aromatic carbocycles. The summed E-state index contributed by atoms with van der Waals surface area (Å²) in [5.41, 5.74) is 0.436. The normalized spacial score (nSPS) is 12.1. The smallest absolute Gasteiger partial charge is 0.215 e. The highest BCUT2D eigenvalue weighted by molar-refractivity contribution is 7.88. The molecular formula is C12H18Cl2N2O2S. The predicted molar refractivity (Wildman–Crippen MR) is 80.3 cm³/mol. The molecule has 1 aromatic rings. The van der Waals surface area contributed by atoms with Gasteiger partial charge in [0, 0.05) is 22.2 Å². The van der Waals surface area contributed by atoms with Gasteiger partial charge in [-0.1, -0.05) is 29.3 Å². The zero-order valence-corrected chi connectivity index (χ0v) is 13.3. The van der Waals surface area contributed by atoms with Gasteiger partial charge in [0.15, 0.2) is 0 Å². The van der Waals surface area contributed by atoms with Crippen LogP contribution in [-0.2, 0) is 15.8 Å². The zero-order chi connectivity index (χ0) is 14.5. The van der Waals surface area contributed by atoms with E-state index in [-0.39, 0.29) is 5.75 Å². The van der Waals surface area contributed by atoms with E-state index < -0.39 is 10.0 Å². The van der Waals surface area contributed by atoms with Gasteiger partial charge in [0.05, 0.1) is 5.75 Å². The summed E-state index contributed by atoms with van der Waals surface area (Å²) in [5, 5.41) is 0.734. The molecule has 0 amide bonds. The summed E-state index contributed by atoms with van der Waals surface area (Å²) in [6.07, 6.45) is 0.752. The van der Waals surface area contributed by atoms with Crippen LogP contribution in [0.5, 0.6) is 0 Å². The fourth-order valence-corrected chi connectivity index (χ4v) is 3.47. The van der Waals surface area contributed by atoms with Gasteiger partial charge in [0.1, 0.15) is 0 Å². The molecule has 1 N–H and O–H groups in total. The van der Waals surface area contributed by atoms with Crippen LogP contribution in [0.1, 0.15) is 12.0 Å². The Hall–Kier alpha value is -0.330. The first-order valence-electron chi connectivity index (χ1n) is 5.87. The Morgan fingerprint density at radius 1 is 1.21 bits per heavy atom. The van der Waals surface area contributed by atoms with Crippen molar-refractivity contribution >= 4 is 33.2 Å². The van der Waals surface area contributed by atoms with Crippen molar-refractivity contribution in [2.24, 2.45) is 0 Å². The minimum atomic E-state index is -3.41. The number of benzene rings is 1. The number of sulfonamides is 1. The van der Waals surface area contributed by atoms with Crippen LogP contribution in [0, 0.1) is 0 Å². The lowest BCUT2D eigenvalue weighted by Gasteiger charge is -2.11. The summed E-state index contributed by atoms with van der Waals surface area (Å²) in [6.45, 7) is 1.23. The lowest BCUT2D eigenvalue weighted by atomic mass is 10.2. The molecule has 0 aliphatic rings. The lowest BCUT2D eigenvalue weighted by molar-refractivity contribution is 0.400. The van der Waals surface area contributed by atoms with E-state index in [1.54, 1.807) is 18.2 Å². The third-order valence-corrected chi connectivity index (χ3v) is 4.52. The second-order valence-electron chi connectivity index (χ2n) is 4.51. The van der Waals surface area contributed by atoms with Crippen molar-refractivity contribution in [3.8, 4) is 0 Å². The lowest BCUT2D eigenvalue weighted by Crippen LogP contribution is -2.28. The summed E-state index contributed by atoms with van der Waals surface area (Å²) in [7, 11) is 0.470. The fraction of sp³-hybridized carbons (Fsp3) is 0.500. The summed E-state index contributed by atoms with van der Waals surface area (Å²) < 4.78 is 26.4. The minimum absolute atomic E-state index is 0.201. The number of nitrogens with zero attached hydrogens (tertiary/aromatic N) is 1. The molecule has 0 aliphatic heterocycles. The minimum Gasteiger partial charge on any atom is -0.309 e. The average molecular weight is 325 g/mol. The first-order chi connectivity index (χ1) is 8.82. The van der Waals surface area contributed by atoms with E-state index in [1.165, 1.54) is 0 Å². The van der Waals surface area contributed by atoms with Gasteiger partial charge in [-0.25, -0.2) is 13.1 Å². The predicted octanol–water partition coefficient (Wildman–Crippen LogP) is 2.36.